The number of pyridine rings is 1. The number of benzene rings is 1. The van der Waals surface area contributed by atoms with Crippen LogP contribution in [0.1, 0.15) is 16.8 Å². The largest absolute Gasteiger partial charge is 0.380 e. The number of rotatable bonds is 6. The van der Waals surface area contributed by atoms with Crippen molar-refractivity contribution in [2.75, 3.05) is 12.4 Å². The summed E-state index contributed by atoms with van der Waals surface area (Å²) in [5.74, 6) is -0.507. The SMILES string of the molecule is COCc1cc(C)n(CC(=O)Nc2ccc(S(N)(=O)=O)cc2)c(=O)c1C#N. The Bertz CT molecular complexity index is 1070. The number of methoxy groups -OCH3 is 1. The van der Waals surface area contributed by atoms with Gasteiger partial charge in [0.25, 0.3) is 5.56 Å². The normalized spacial score (nSPS) is 11.0. The molecule has 0 atom stereocenters. The first-order valence-corrected chi connectivity index (χ1v) is 9.27. The molecule has 0 unspecified atom stereocenters. The van der Waals surface area contributed by atoms with Crippen LogP contribution in [-0.4, -0.2) is 26.0 Å². The number of nitrogens with one attached hydrogen (secondary N) is 1. The highest BCUT2D eigenvalue weighted by Crippen LogP contribution is 2.13. The lowest BCUT2D eigenvalue weighted by Crippen LogP contribution is -2.31. The van der Waals surface area contributed by atoms with Crippen molar-refractivity contribution in [2.45, 2.75) is 25.0 Å². The third-order valence-electron chi connectivity index (χ3n) is 3.77. The Hall–Kier alpha value is -3.00. The number of nitrogens with zero attached hydrogens (tertiary/aromatic N) is 2. The highest BCUT2D eigenvalue weighted by atomic mass is 32.2. The molecule has 3 N–H and O–H groups in total. The van der Waals surface area contributed by atoms with Gasteiger partial charge in [-0.2, -0.15) is 5.26 Å². The minimum absolute atomic E-state index is 0.0762. The lowest BCUT2D eigenvalue weighted by Gasteiger charge is -2.13. The summed E-state index contributed by atoms with van der Waals surface area (Å²) in [6, 6.07) is 8.76. The Morgan fingerprint density at radius 2 is 1.96 bits per heavy atom. The molecule has 0 fully saturated rings. The van der Waals surface area contributed by atoms with Gasteiger partial charge in [0, 0.05) is 24.1 Å². The average molecular weight is 390 g/mol. The van der Waals surface area contributed by atoms with Crippen molar-refractivity contribution >= 4 is 21.6 Å². The van der Waals surface area contributed by atoms with Gasteiger partial charge < -0.3 is 14.6 Å². The van der Waals surface area contributed by atoms with Gasteiger partial charge in [0.2, 0.25) is 15.9 Å². The van der Waals surface area contributed by atoms with E-state index in [1.54, 1.807) is 13.0 Å². The van der Waals surface area contributed by atoms with Crippen LogP contribution >= 0.6 is 0 Å². The molecule has 0 saturated heterocycles. The van der Waals surface area contributed by atoms with Crippen LogP contribution in [0.15, 0.2) is 40.0 Å². The molecule has 10 heteroatoms. The van der Waals surface area contributed by atoms with Crippen LogP contribution in [0, 0.1) is 18.3 Å². The predicted molar refractivity (Wildman–Crippen MR) is 97.3 cm³/mol. The van der Waals surface area contributed by atoms with Crippen molar-refractivity contribution in [1.29, 1.82) is 5.26 Å². The van der Waals surface area contributed by atoms with Gasteiger partial charge in [-0.25, -0.2) is 13.6 Å². The molecular weight excluding hydrogens is 372 g/mol. The van der Waals surface area contributed by atoms with Gasteiger partial charge in [-0.1, -0.05) is 0 Å². The number of nitrogens with two attached hydrogens (primary N) is 1. The number of amides is 1. The molecule has 0 saturated carbocycles. The Labute approximate surface area is 156 Å². The highest BCUT2D eigenvalue weighted by Gasteiger charge is 2.15. The number of hydrogen-bond acceptors (Lipinski definition) is 6. The number of ether oxygens (including phenoxy) is 1. The number of primary sulfonamides is 1. The maximum Gasteiger partial charge on any atom is 0.269 e. The molecule has 2 rings (SSSR count). The zero-order chi connectivity index (χ0) is 20.2. The van der Waals surface area contributed by atoms with Gasteiger partial charge in [0.05, 0.1) is 11.5 Å². The van der Waals surface area contributed by atoms with Crippen molar-refractivity contribution in [3.8, 4) is 6.07 Å². The number of carbonyl (C=O) groups excluding carboxylic acids is 1. The zero-order valence-corrected chi connectivity index (χ0v) is 15.5. The van der Waals surface area contributed by atoms with E-state index < -0.39 is 21.5 Å². The van der Waals surface area contributed by atoms with Crippen LogP contribution in [0.25, 0.3) is 0 Å². The second kappa shape index (κ2) is 8.13. The van der Waals surface area contributed by atoms with E-state index in [0.29, 0.717) is 16.9 Å². The van der Waals surface area contributed by atoms with Crippen LogP contribution < -0.4 is 16.0 Å². The Balaban J connectivity index is 2.23. The van der Waals surface area contributed by atoms with Gasteiger partial charge in [-0.3, -0.25) is 9.59 Å². The molecule has 0 aliphatic carbocycles. The number of nitriles is 1. The Morgan fingerprint density at radius 1 is 1.33 bits per heavy atom. The first-order chi connectivity index (χ1) is 12.7. The third kappa shape index (κ3) is 4.79. The maximum absolute atomic E-state index is 12.5. The smallest absolute Gasteiger partial charge is 0.269 e. The minimum Gasteiger partial charge on any atom is -0.380 e. The van der Waals surface area contributed by atoms with E-state index in [2.05, 4.69) is 5.32 Å². The zero-order valence-electron chi connectivity index (χ0n) is 14.7. The number of aryl methyl sites for hydroxylation is 1. The van der Waals surface area contributed by atoms with Gasteiger partial charge in [0.15, 0.2) is 0 Å². The number of aromatic nitrogens is 1. The fraction of sp³-hybridized carbons (Fsp3) is 0.235. The van der Waals surface area contributed by atoms with E-state index in [4.69, 9.17) is 9.88 Å². The van der Waals surface area contributed by atoms with E-state index >= 15 is 0 Å². The van der Waals surface area contributed by atoms with E-state index in [9.17, 15) is 23.3 Å². The first kappa shape index (κ1) is 20.3. The maximum atomic E-state index is 12.5. The molecule has 27 heavy (non-hydrogen) atoms. The number of carbonyl (C=O) groups is 1. The van der Waals surface area contributed by atoms with E-state index in [0.717, 1.165) is 0 Å². The molecular formula is C17H18N4O5S. The van der Waals surface area contributed by atoms with Crippen molar-refractivity contribution in [1.82, 2.24) is 4.57 Å². The van der Waals surface area contributed by atoms with E-state index in [1.165, 1.54) is 35.9 Å². The van der Waals surface area contributed by atoms with E-state index in [1.807, 2.05) is 6.07 Å². The second-order valence-corrected chi connectivity index (χ2v) is 7.30. The highest BCUT2D eigenvalue weighted by molar-refractivity contribution is 7.89. The predicted octanol–water partition coefficient (Wildman–Crippen LogP) is 0.461. The van der Waals surface area contributed by atoms with Crippen LogP contribution in [0.3, 0.4) is 0 Å². The topological polar surface area (TPSA) is 144 Å². The van der Waals surface area contributed by atoms with Crippen molar-refractivity contribution < 1.29 is 17.9 Å². The minimum atomic E-state index is -3.82. The molecule has 2 aromatic rings. The lowest BCUT2D eigenvalue weighted by molar-refractivity contribution is -0.116. The van der Waals surface area contributed by atoms with Crippen molar-refractivity contribution in [2.24, 2.45) is 5.14 Å². The van der Waals surface area contributed by atoms with Gasteiger partial charge >= 0.3 is 0 Å². The summed E-state index contributed by atoms with van der Waals surface area (Å²) in [5, 5.41) is 16.8. The molecule has 1 amide bonds. The summed E-state index contributed by atoms with van der Waals surface area (Å²) in [6.07, 6.45) is 0. The Kier molecular flexibility index (Phi) is 6.12. The van der Waals surface area contributed by atoms with Gasteiger partial charge in [-0.05, 0) is 37.3 Å². The molecule has 1 aromatic heterocycles. The quantitative estimate of drug-likeness (QED) is 0.733. The first-order valence-electron chi connectivity index (χ1n) is 7.72. The summed E-state index contributed by atoms with van der Waals surface area (Å²) >= 11 is 0. The molecule has 1 aromatic carbocycles. The molecule has 0 aliphatic rings. The molecule has 142 valence electrons. The molecule has 0 radical (unpaired) electrons. The number of anilines is 1. The summed E-state index contributed by atoms with van der Waals surface area (Å²) in [5.41, 5.74) is 0.648. The fourth-order valence-electron chi connectivity index (χ4n) is 2.49. The summed E-state index contributed by atoms with van der Waals surface area (Å²) in [4.78, 5) is 24.7. The molecule has 9 nitrogen and oxygen atoms in total. The molecule has 0 aliphatic heterocycles. The summed E-state index contributed by atoms with van der Waals surface area (Å²) in [6.45, 7) is 1.46. The molecule has 0 spiro atoms. The lowest BCUT2D eigenvalue weighted by atomic mass is 10.1. The summed E-state index contributed by atoms with van der Waals surface area (Å²) < 4.78 is 28.6. The number of hydrogen-bond donors (Lipinski definition) is 2. The van der Waals surface area contributed by atoms with E-state index in [-0.39, 0.29) is 23.6 Å². The Morgan fingerprint density at radius 3 is 2.48 bits per heavy atom. The standard InChI is InChI=1S/C17H18N4O5S/c1-11-7-12(10-26-2)15(8-18)17(23)21(11)9-16(22)20-13-3-5-14(6-4-13)27(19,24)25/h3-7H,9-10H2,1-2H3,(H,20,22)(H2,19,24,25). The van der Waals surface area contributed by atoms with Crippen molar-refractivity contribution in [3.63, 3.8) is 0 Å². The fourth-order valence-corrected chi connectivity index (χ4v) is 3.01. The monoisotopic (exact) mass is 390 g/mol. The third-order valence-corrected chi connectivity index (χ3v) is 4.70. The van der Waals surface area contributed by atoms with Crippen LogP contribution in [0.5, 0.6) is 0 Å². The number of sulfonamides is 1. The van der Waals surface area contributed by atoms with Crippen LogP contribution in [0.2, 0.25) is 0 Å². The second-order valence-electron chi connectivity index (χ2n) is 5.74. The van der Waals surface area contributed by atoms with Crippen LogP contribution in [-0.2, 0) is 32.7 Å². The van der Waals surface area contributed by atoms with Crippen molar-refractivity contribution in [3.05, 3.63) is 57.5 Å². The summed E-state index contributed by atoms with van der Waals surface area (Å²) in [7, 11) is -2.37. The van der Waals surface area contributed by atoms with Gasteiger partial charge in [-0.15, -0.1) is 0 Å². The molecule has 1 heterocycles. The molecule has 0 bridgehead atoms. The average Bonchev–Trinajstić information content (AvgIpc) is 2.59. The van der Waals surface area contributed by atoms with Gasteiger partial charge in [0.1, 0.15) is 18.2 Å². The van der Waals surface area contributed by atoms with Crippen LogP contribution in [0.4, 0.5) is 5.69 Å².